The van der Waals surface area contributed by atoms with E-state index >= 15 is 0 Å². The molecule has 0 unspecified atom stereocenters. The van der Waals surface area contributed by atoms with Crippen LogP contribution in [0.4, 0.5) is 5.69 Å². The van der Waals surface area contributed by atoms with Gasteiger partial charge in [0.05, 0.1) is 30.0 Å². The van der Waals surface area contributed by atoms with Gasteiger partial charge in [0, 0.05) is 11.8 Å². The molecule has 0 aliphatic heterocycles. The number of aliphatic hydroxyl groups is 1. The lowest BCUT2D eigenvalue weighted by atomic mass is 10.2. The molecule has 0 spiro atoms. The van der Waals surface area contributed by atoms with Crippen LogP contribution in [0.1, 0.15) is 11.3 Å². The highest BCUT2D eigenvalue weighted by Gasteiger charge is 2.17. The maximum Gasteiger partial charge on any atom is 0.261 e. The zero-order chi connectivity index (χ0) is 15.5. The third kappa shape index (κ3) is 3.32. The zero-order valence-electron chi connectivity index (χ0n) is 11.7. The lowest BCUT2D eigenvalue weighted by Crippen LogP contribution is -2.14. The average molecular weight is 308 g/mol. The molecule has 21 heavy (non-hydrogen) atoms. The van der Waals surface area contributed by atoms with Gasteiger partial charge in [0.15, 0.2) is 0 Å². The van der Waals surface area contributed by atoms with Crippen LogP contribution in [0.2, 0.25) is 0 Å². The Hall–Kier alpha value is -2.12. The van der Waals surface area contributed by atoms with Crippen molar-refractivity contribution in [3.05, 3.63) is 47.8 Å². The first-order valence-corrected chi connectivity index (χ1v) is 7.68. The number of methoxy groups -OCH3 is 1. The predicted molar refractivity (Wildman–Crippen MR) is 78.7 cm³/mol. The number of pyridine rings is 1. The van der Waals surface area contributed by atoms with Crippen LogP contribution in [0.3, 0.4) is 0 Å². The number of ether oxygens (including phenoxy) is 1. The number of hydrogen-bond donors (Lipinski definition) is 2. The Labute approximate surface area is 123 Å². The normalized spacial score (nSPS) is 11.2. The van der Waals surface area contributed by atoms with Gasteiger partial charge >= 0.3 is 0 Å². The van der Waals surface area contributed by atoms with E-state index in [1.807, 2.05) is 0 Å². The second-order valence-corrected chi connectivity index (χ2v) is 6.06. The molecule has 2 aromatic rings. The molecule has 1 aromatic heterocycles. The molecule has 0 fully saturated rings. The maximum atomic E-state index is 12.4. The molecule has 0 aliphatic rings. The van der Waals surface area contributed by atoms with E-state index in [4.69, 9.17) is 4.74 Å². The van der Waals surface area contributed by atoms with Gasteiger partial charge in [-0.15, -0.1) is 0 Å². The number of nitrogens with zero attached hydrogens (tertiary/aromatic N) is 1. The molecule has 2 N–H and O–H groups in total. The highest BCUT2D eigenvalue weighted by Crippen LogP contribution is 2.24. The first-order valence-electron chi connectivity index (χ1n) is 6.20. The maximum absolute atomic E-state index is 12.4. The van der Waals surface area contributed by atoms with Crippen LogP contribution in [-0.2, 0) is 16.6 Å². The number of rotatable bonds is 5. The Bertz CT molecular complexity index is 744. The van der Waals surface area contributed by atoms with Crippen molar-refractivity contribution in [3.8, 4) is 5.75 Å². The molecule has 1 aromatic carbocycles. The van der Waals surface area contributed by atoms with Crippen molar-refractivity contribution in [2.45, 2.75) is 18.4 Å². The Balaban J connectivity index is 2.38. The van der Waals surface area contributed by atoms with E-state index in [2.05, 4.69) is 9.71 Å². The summed E-state index contributed by atoms with van der Waals surface area (Å²) in [6, 6.07) is 7.60. The second-order valence-electron chi connectivity index (χ2n) is 4.37. The van der Waals surface area contributed by atoms with E-state index < -0.39 is 10.0 Å². The molecule has 2 rings (SSSR count). The van der Waals surface area contributed by atoms with Gasteiger partial charge in [-0.05, 0) is 37.3 Å². The molecule has 0 radical (unpaired) electrons. The van der Waals surface area contributed by atoms with E-state index in [1.54, 1.807) is 25.3 Å². The van der Waals surface area contributed by atoms with Gasteiger partial charge in [-0.3, -0.25) is 9.71 Å². The van der Waals surface area contributed by atoms with Crippen molar-refractivity contribution in [1.82, 2.24) is 4.98 Å². The van der Waals surface area contributed by atoms with Crippen LogP contribution in [0, 0.1) is 6.92 Å². The molecular formula is C14H16N2O4S. The molecule has 7 heteroatoms. The SMILES string of the molecule is COc1ccc(S(=O)(=O)Nc2cccnc2C)cc1CO. The molecule has 0 atom stereocenters. The van der Waals surface area contributed by atoms with Gasteiger partial charge in [-0.1, -0.05) is 0 Å². The minimum Gasteiger partial charge on any atom is -0.496 e. The first kappa shape index (κ1) is 15.3. The third-order valence-electron chi connectivity index (χ3n) is 2.98. The van der Waals surface area contributed by atoms with Crippen LogP contribution in [0.25, 0.3) is 0 Å². The number of anilines is 1. The fourth-order valence-corrected chi connectivity index (χ4v) is 3.01. The standard InChI is InChI=1S/C14H16N2O4S/c1-10-13(4-3-7-15-10)16-21(18,19)12-5-6-14(20-2)11(8-12)9-17/h3-8,16-17H,9H2,1-2H3. The van der Waals surface area contributed by atoms with Crippen molar-refractivity contribution in [1.29, 1.82) is 0 Å². The summed E-state index contributed by atoms with van der Waals surface area (Å²) in [5.41, 5.74) is 1.40. The average Bonchev–Trinajstić information content (AvgIpc) is 2.48. The van der Waals surface area contributed by atoms with Crippen molar-refractivity contribution in [2.24, 2.45) is 0 Å². The van der Waals surface area contributed by atoms with E-state index in [0.717, 1.165) is 0 Å². The van der Waals surface area contributed by atoms with Gasteiger partial charge in [-0.2, -0.15) is 0 Å². The number of hydrogen-bond acceptors (Lipinski definition) is 5. The zero-order valence-corrected chi connectivity index (χ0v) is 12.5. The summed E-state index contributed by atoms with van der Waals surface area (Å²) in [5.74, 6) is 0.439. The molecule has 112 valence electrons. The second kappa shape index (κ2) is 6.11. The van der Waals surface area contributed by atoms with Gasteiger partial charge in [0.25, 0.3) is 10.0 Å². The number of sulfonamides is 1. The number of nitrogens with one attached hydrogen (secondary N) is 1. The summed E-state index contributed by atoms with van der Waals surface area (Å²) >= 11 is 0. The van der Waals surface area contributed by atoms with Crippen LogP contribution in [-0.4, -0.2) is 25.6 Å². The molecule has 0 amide bonds. The van der Waals surface area contributed by atoms with Crippen molar-refractivity contribution in [2.75, 3.05) is 11.8 Å². The van der Waals surface area contributed by atoms with Crippen molar-refractivity contribution >= 4 is 15.7 Å². The lowest BCUT2D eigenvalue weighted by molar-refractivity contribution is 0.273. The van der Waals surface area contributed by atoms with E-state index in [0.29, 0.717) is 22.7 Å². The quantitative estimate of drug-likeness (QED) is 0.877. The molecule has 0 saturated heterocycles. The summed E-state index contributed by atoms with van der Waals surface area (Å²) < 4.78 is 32.3. The summed E-state index contributed by atoms with van der Waals surface area (Å²) in [4.78, 5) is 4.08. The highest BCUT2D eigenvalue weighted by molar-refractivity contribution is 7.92. The monoisotopic (exact) mass is 308 g/mol. The number of aryl methyl sites for hydroxylation is 1. The molecule has 6 nitrogen and oxygen atoms in total. The minimum atomic E-state index is -3.75. The van der Waals surface area contributed by atoms with Crippen LogP contribution >= 0.6 is 0 Å². The van der Waals surface area contributed by atoms with Crippen LogP contribution < -0.4 is 9.46 Å². The Morgan fingerprint density at radius 3 is 2.71 bits per heavy atom. The van der Waals surface area contributed by atoms with Crippen LogP contribution in [0.5, 0.6) is 5.75 Å². The Kier molecular flexibility index (Phi) is 4.44. The number of aliphatic hydroxyl groups excluding tert-OH is 1. The molecule has 1 heterocycles. The topological polar surface area (TPSA) is 88.5 Å². The Morgan fingerprint density at radius 2 is 2.10 bits per heavy atom. The van der Waals surface area contributed by atoms with Crippen molar-refractivity contribution in [3.63, 3.8) is 0 Å². The number of benzene rings is 1. The van der Waals surface area contributed by atoms with E-state index in [9.17, 15) is 13.5 Å². The van der Waals surface area contributed by atoms with Gasteiger partial charge in [-0.25, -0.2) is 8.42 Å². The third-order valence-corrected chi connectivity index (χ3v) is 4.35. The molecule has 0 bridgehead atoms. The van der Waals surface area contributed by atoms with Gasteiger partial charge < -0.3 is 9.84 Å². The highest BCUT2D eigenvalue weighted by atomic mass is 32.2. The molecule has 0 aliphatic carbocycles. The summed E-state index contributed by atoms with van der Waals surface area (Å²) in [7, 11) is -2.29. The van der Waals surface area contributed by atoms with E-state index in [1.165, 1.54) is 25.3 Å². The first-order chi connectivity index (χ1) is 9.97. The van der Waals surface area contributed by atoms with Gasteiger partial charge in [0.2, 0.25) is 0 Å². The summed E-state index contributed by atoms with van der Waals surface area (Å²) in [6.07, 6.45) is 1.59. The van der Waals surface area contributed by atoms with E-state index in [-0.39, 0.29) is 11.5 Å². The van der Waals surface area contributed by atoms with Crippen molar-refractivity contribution < 1.29 is 18.3 Å². The lowest BCUT2D eigenvalue weighted by Gasteiger charge is -2.12. The largest absolute Gasteiger partial charge is 0.496 e. The summed E-state index contributed by atoms with van der Waals surface area (Å²) in [5, 5.41) is 9.27. The fraction of sp³-hybridized carbons (Fsp3) is 0.214. The number of aromatic nitrogens is 1. The molecule has 0 saturated carbocycles. The smallest absolute Gasteiger partial charge is 0.261 e. The summed E-state index contributed by atoms with van der Waals surface area (Å²) in [6.45, 7) is 1.41. The predicted octanol–water partition coefficient (Wildman–Crippen LogP) is 1.69. The van der Waals surface area contributed by atoms with Crippen LogP contribution in [0.15, 0.2) is 41.4 Å². The Morgan fingerprint density at radius 1 is 1.33 bits per heavy atom. The fourth-order valence-electron chi connectivity index (χ4n) is 1.84. The van der Waals surface area contributed by atoms with Gasteiger partial charge in [0.1, 0.15) is 5.75 Å². The minimum absolute atomic E-state index is 0.0515. The molecular weight excluding hydrogens is 292 g/mol.